The van der Waals surface area contributed by atoms with Crippen molar-refractivity contribution in [3.63, 3.8) is 0 Å². The Bertz CT molecular complexity index is 931. The summed E-state index contributed by atoms with van der Waals surface area (Å²) in [5, 5.41) is 6.59. The van der Waals surface area contributed by atoms with Gasteiger partial charge in [-0.3, -0.25) is 4.79 Å². The second-order valence-electron chi connectivity index (χ2n) is 5.51. The van der Waals surface area contributed by atoms with Crippen LogP contribution < -0.4 is 16.3 Å². The van der Waals surface area contributed by atoms with Crippen molar-refractivity contribution in [3.05, 3.63) is 63.5 Å². The van der Waals surface area contributed by atoms with Crippen molar-refractivity contribution in [1.29, 1.82) is 0 Å². The molecule has 0 aliphatic heterocycles. The number of benzene rings is 2. The van der Waals surface area contributed by atoms with Crippen LogP contribution in [-0.4, -0.2) is 21.9 Å². The summed E-state index contributed by atoms with van der Waals surface area (Å²) in [4.78, 5) is 28.9. The van der Waals surface area contributed by atoms with Crippen LogP contribution in [0.1, 0.15) is 12.5 Å². The van der Waals surface area contributed by atoms with E-state index >= 15 is 0 Å². The van der Waals surface area contributed by atoms with E-state index in [0.29, 0.717) is 17.1 Å². The first-order chi connectivity index (χ1) is 11.5. The summed E-state index contributed by atoms with van der Waals surface area (Å²) < 4.78 is 0. The number of halogens is 1. The van der Waals surface area contributed by atoms with E-state index in [-0.39, 0.29) is 11.6 Å². The average molecular weight is 345 g/mol. The van der Waals surface area contributed by atoms with Gasteiger partial charge in [-0.05, 0) is 36.8 Å². The van der Waals surface area contributed by atoms with Gasteiger partial charge in [0, 0.05) is 17.3 Å². The van der Waals surface area contributed by atoms with E-state index in [4.69, 9.17) is 11.6 Å². The van der Waals surface area contributed by atoms with E-state index in [0.717, 1.165) is 16.8 Å². The van der Waals surface area contributed by atoms with Crippen molar-refractivity contribution in [2.24, 2.45) is 0 Å². The molecule has 3 rings (SSSR count). The SMILES string of the molecule is C[C@@H](Nc1ccc2[nH]c(=O)[nH]c2c1)C(=O)NCc1ccccc1Cl. The summed E-state index contributed by atoms with van der Waals surface area (Å²) in [7, 11) is 0. The maximum atomic E-state index is 12.2. The van der Waals surface area contributed by atoms with Crippen LogP contribution in [0.25, 0.3) is 11.0 Å². The lowest BCUT2D eigenvalue weighted by atomic mass is 10.2. The van der Waals surface area contributed by atoms with E-state index < -0.39 is 6.04 Å². The molecule has 3 aromatic rings. The van der Waals surface area contributed by atoms with Crippen molar-refractivity contribution in [2.45, 2.75) is 19.5 Å². The normalized spacial score (nSPS) is 12.1. The van der Waals surface area contributed by atoms with Crippen molar-refractivity contribution >= 4 is 34.2 Å². The highest BCUT2D eigenvalue weighted by atomic mass is 35.5. The van der Waals surface area contributed by atoms with Gasteiger partial charge in [0.25, 0.3) is 0 Å². The second-order valence-corrected chi connectivity index (χ2v) is 5.92. The van der Waals surface area contributed by atoms with Crippen LogP contribution in [0.4, 0.5) is 5.69 Å². The van der Waals surface area contributed by atoms with Crippen LogP contribution in [0.2, 0.25) is 5.02 Å². The zero-order chi connectivity index (χ0) is 17.1. The Morgan fingerprint density at radius 2 is 1.92 bits per heavy atom. The number of anilines is 1. The molecule has 6 nitrogen and oxygen atoms in total. The summed E-state index contributed by atoms with van der Waals surface area (Å²) in [6.45, 7) is 2.14. The number of amides is 1. The molecular formula is C17H17ClN4O2. The maximum Gasteiger partial charge on any atom is 0.323 e. The largest absolute Gasteiger partial charge is 0.374 e. The number of imidazole rings is 1. The summed E-state index contributed by atoms with van der Waals surface area (Å²) in [6.07, 6.45) is 0. The lowest BCUT2D eigenvalue weighted by Gasteiger charge is -2.15. The number of nitrogens with one attached hydrogen (secondary N) is 4. The van der Waals surface area contributed by atoms with Crippen molar-refractivity contribution < 1.29 is 4.79 Å². The van der Waals surface area contributed by atoms with Gasteiger partial charge in [0.15, 0.2) is 0 Å². The Morgan fingerprint density at radius 3 is 2.71 bits per heavy atom. The fourth-order valence-electron chi connectivity index (χ4n) is 2.42. The Balaban J connectivity index is 1.62. The van der Waals surface area contributed by atoms with Gasteiger partial charge in [0.2, 0.25) is 5.91 Å². The molecule has 1 aromatic heterocycles. The molecule has 0 saturated heterocycles. The minimum atomic E-state index is -0.435. The molecule has 24 heavy (non-hydrogen) atoms. The van der Waals surface area contributed by atoms with Crippen LogP contribution in [0, 0.1) is 0 Å². The molecule has 0 fully saturated rings. The third-order valence-corrected chi connectivity index (χ3v) is 4.07. The quantitative estimate of drug-likeness (QED) is 0.573. The molecule has 0 bridgehead atoms. The zero-order valence-electron chi connectivity index (χ0n) is 13.0. The van der Waals surface area contributed by atoms with Crippen LogP contribution in [0.3, 0.4) is 0 Å². The average Bonchev–Trinajstić information content (AvgIpc) is 2.93. The fraction of sp³-hybridized carbons (Fsp3) is 0.176. The number of aromatic nitrogens is 2. The number of hydrogen-bond donors (Lipinski definition) is 4. The van der Waals surface area contributed by atoms with Gasteiger partial charge in [-0.15, -0.1) is 0 Å². The number of H-pyrrole nitrogens is 2. The Hall–Kier alpha value is -2.73. The molecule has 0 radical (unpaired) electrons. The van der Waals surface area contributed by atoms with E-state index in [9.17, 15) is 9.59 Å². The highest BCUT2D eigenvalue weighted by Crippen LogP contribution is 2.16. The number of rotatable bonds is 5. The lowest BCUT2D eigenvalue weighted by molar-refractivity contribution is -0.121. The minimum Gasteiger partial charge on any atom is -0.374 e. The molecule has 4 N–H and O–H groups in total. The predicted octanol–water partition coefficient (Wildman–Crippen LogP) is 2.63. The summed E-state index contributed by atoms with van der Waals surface area (Å²) in [5.41, 5.74) is 2.77. The molecule has 0 spiro atoms. The zero-order valence-corrected chi connectivity index (χ0v) is 13.8. The summed E-state index contributed by atoms with van der Waals surface area (Å²) in [5.74, 6) is -0.141. The van der Waals surface area contributed by atoms with Gasteiger partial charge in [0.1, 0.15) is 6.04 Å². The third kappa shape index (κ3) is 3.60. The van der Waals surface area contributed by atoms with Crippen molar-refractivity contribution in [1.82, 2.24) is 15.3 Å². The number of fused-ring (bicyclic) bond motifs is 1. The first kappa shape index (κ1) is 16.1. The first-order valence-corrected chi connectivity index (χ1v) is 7.90. The van der Waals surface area contributed by atoms with Gasteiger partial charge >= 0.3 is 5.69 Å². The first-order valence-electron chi connectivity index (χ1n) is 7.52. The molecular weight excluding hydrogens is 328 g/mol. The molecule has 1 atom stereocenters. The van der Waals surface area contributed by atoms with Gasteiger partial charge in [-0.1, -0.05) is 29.8 Å². The molecule has 7 heteroatoms. The van der Waals surface area contributed by atoms with E-state index in [1.54, 1.807) is 25.1 Å². The summed E-state index contributed by atoms with van der Waals surface area (Å²) >= 11 is 6.08. The number of carbonyl (C=O) groups is 1. The van der Waals surface area contributed by atoms with Crippen molar-refractivity contribution in [3.8, 4) is 0 Å². The molecule has 0 aliphatic carbocycles. The van der Waals surface area contributed by atoms with Gasteiger partial charge in [0.05, 0.1) is 11.0 Å². The molecule has 124 valence electrons. The molecule has 0 unspecified atom stereocenters. The van der Waals surface area contributed by atoms with Crippen LogP contribution in [-0.2, 0) is 11.3 Å². The Morgan fingerprint density at radius 1 is 1.17 bits per heavy atom. The molecule has 1 heterocycles. The van der Waals surface area contributed by atoms with Gasteiger partial charge in [-0.25, -0.2) is 4.79 Å². The third-order valence-electron chi connectivity index (χ3n) is 3.70. The molecule has 2 aromatic carbocycles. The monoisotopic (exact) mass is 344 g/mol. The Labute approximate surface area is 143 Å². The highest BCUT2D eigenvalue weighted by Gasteiger charge is 2.13. The number of hydrogen-bond acceptors (Lipinski definition) is 3. The summed E-state index contributed by atoms with van der Waals surface area (Å²) in [6, 6.07) is 12.3. The van der Waals surface area contributed by atoms with Crippen molar-refractivity contribution in [2.75, 3.05) is 5.32 Å². The lowest BCUT2D eigenvalue weighted by Crippen LogP contribution is -2.37. The number of carbonyl (C=O) groups excluding carboxylic acids is 1. The van der Waals surface area contributed by atoms with E-state index in [2.05, 4.69) is 20.6 Å². The predicted molar refractivity (Wildman–Crippen MR) is 95.3 cm³/mol. The Kier molecular flexibility index (Phi) is 4.57. The highest BCUT2D eigenvalue weighted by molar-refractivity contribution is 6.31. The smallest absolute Gasteiger partial charge is 0.323 e. The van der Waals surface area contributed by atoms with E-state index in [1.165, 1.54) is 0 Å². The van der Waals surface area contributed by atoms with Crippen LogP contribution in [0.5, 0.6) is 0 Å². The topological polar surface area (TPSA) is 89.8 Å². The van der Waals surface area contributed by atoms with Gasteiger partial charge in [-0.2, -0.15) is 0 Å². The molecule has 0 aliphatic rings. The maximum absolute atomic E-state index is 12.2. The molecule has 1 amide bonds. The van der Waals surface area contributed by atoms with E-state index in [1.807, 2.05) is 24.3 Å². The minimum absolute atomic E-state index is 0.141. The second kappa shape index (κ2) is 6.80. The number of aromatic amines is 2. The van der Waals surface area contributed by atoms with Crippen LogP contribution in [0.15, 0.2) is 47.3 Å². The fourth-order valence-corrected chi connectivity index (χ4v) is 2.62. The van der Waals surface area contributed by atoms with Gasteiger partial charge < -0.3 is 20.6 Å². The standard InChI is InChI=1S/C17H17ClN4O2/c1-10(16(23)19-9-11-4-2-3-5-13(11)18)20-12-6-7-14-15(8-12)22-17(24)21-14/h2-8,10,20H,9H2,1H3,(H,19,23)(H2,21,22,24)/t10-/m1/s1. The molecule has 0 saturated carbocycles. The van der Waals surface area contributed by atoms with Crippen LogP contribution >= 0.6 is 11.6 Å².